The fourth-order valence-electron chi connectivity index (χ4n) is 2.43. The van der Waals surface area contributed by atoms with Crippen molar-refractivity contribution in [2.24, 2.45) is 0 Å². The van der Waals surface area contributed by atoms with Gasteiger partial charge in [-0.25, -0.2) is 4.79 Å². The van der Waals surface area contributed by atoms with Crippen molar-refractivity contribution in [3.05, 3.63) is 24.3 Å². The van der Waals surface area contributed by atoms with Gasteiger partial charge in [0.05, 0.1) is 30.6 Å². The van der Waals surface area contributed by atoms with E-state index in [1.165, 1.54) is 0 Å². The molecule has 1 aliphatic heterocycles. The van der Waals surface area contributed by atoms with Crippen LogP contribution in [0.5, 0.6) is 0 Å². The summed E-state index contributed by atoms with van der Waals surface area (Å²) >= 11 is 0. The molecule has 1 fully saturated rings. The summed E-state index contributed by atoms with van der Waals surface area (Å²) in [6, 6.07) is 0.0639. The molecular formula is C16H25N3O3. The zero-order chi connectivity index (χ0) is 16.2. The highest BCUT2D eigenvalue weighted by molar-refractivity contribution is 5.68. The Bertz CT molecular complexity index is 487. The van der Waals surface area contributed by atoms with Crippen LogP contribution in [-0.4, -0.2) is 45.8 Å². The quantitative estimate of drug-likeness (QED) is 0.855. The molecular weight excluding hydrogens is 282 g/mol. The van der Waals surface area contributed by atoms with Gasteiger partial charge in [0, 0.05) is 18.9 Å². The summed E-state index contributed by atoms with van der Waals surface area (Å²) in [7, 11) is 0. The number of ether oxygens (including phenoxy) is 2. The number of aromatic nitrogens is 2. The smallest absolute Gasteiger partial charge is 0.410 e. The minimum atomic E-state index is -0.474. The van der Waals surface area contributed by atoms with Gasteiger partial charge in [0.25, 0.3) is 0 Å². The third kappa shape index (κ3) is 4.66. The monoisotopic (exact) mass is 307 g/mol. The van der Waals surface area contributed by atoms with E-state index in [0.717, 1.165) is 25.1 Å². The summed E-state index contributed by atoms with van der Waals surface area (Å²) in [6.45, 7) is 8.78. The predicted molar refractivity (Wildman–Crippen MR) is 82.4 cm³/mol. The second kappa shape index (κ2) is 7.05. The second-order valence-electron chi connectivity index (χ2n) is 6.58. The number of amides is 1. The van der Waals surface area contributed by atoms with E-state index < -0.39 is 5.60 Å². The number of hydrogen-bond acceptors (Lipinski definition) is 5. The summed E-state index contributed by atoms with van der Waals surface area (Å²) in [5.41, 5.74) is 0.321. The second-order valence-corrected chi connectivity index (χ2v) is 6.58. The first kappa shape index (κ1) is 16.7. The van der Waals surface area contributed by atoms with Crippen LogP contribution in [0.3, 0.4) is 0 Å². The summed E-state index contributed by atoms with van der Waals surface area (Å²) in [4.78, 5) is 22.3. The van der Waals surface area contributed by atoms with E-state index in [2.05, 4.69) is 9.97 Å². The van der Waals surface area contributed by atoms with Crippen LogP contribution in [0.25, 0.3) is 0 Å². The topological polar surface area (TPSA) is 64.5 Å². The molecule has 122 valence electrons. The molecule has 1 aromatic heterocycles. The van der Waals surface area contributed by atoms with E-state index in [4.69, 9.17) is 9.47 Å². The first-order chi connectivity index (χ1) is 10.4. The molecule has 1 aromatic rings. The van der Waals surface area contributed by atoms with Crippen LogP contribution in [0.1, 0.15) is 52.3 Å². The number of hydrogen-bond donors (Lipinski definition) is 0. The van der Waals surface area contributed by atoms with Gasteiger partial charge in [0.15, 0.2) is 0 Å². The van der Waals surface area contributed by atoms with Crippen molar-refractivity contribution in [3.63, 3.8) is 0 Å². The van der Waals surface area contributed by atoms with Crippen molar-refractivity contribution in [3.8, 4) is 0 Å². The molecule has 0 radical (unpaired) electrons. The Kier molecular flexibility index (Phi) is 5.34. The highest BCUT2D eigenvalue weighted by Crippen LogP contribution is 2.23. The lowest BCUT2D eigenvalue weighted by atomic mass is 10.2. The van der Waals surface area contributed by atoms with Crippen molar-refractivity contribution >= 4 is 6.09 Å². The Morgan fingerprint density at radius 2 is 2.23 bits per heavy atom. The molecule has 2 atom stereocenters. The first-order valence-corrected chi connectivity index (χ1v) is 7.74. The zero-order valence-corrected chi connectivity index (χ0v) is 13.8. The molecule has 22 heavy (non-hydrogen) atoms. The molecule has 6 heteroatoms. The van der Waals surface area contributed by atoms with Crippen LogP contribution in [0, 0.1) is 0 Å². The minimum Gasteiger partial charge on any atom is -0.444 e. The zero-order valence-electron chi connectivity index (χ0n) is 13.8. The van der Waals surface area contributed by atoms with E-state index in [-0.39, 0.29) is 18.2 Å². The normalized spacial score (nSPS) is 20.0. The van der Waals surface area contributed by atoms with Crippen LogP contribution in [-0.2, 0) is 9.47 Å². The Hall–Kier alpha value is -1.69. The van der Waals surface area contributed by atoms with Crippen molar-refractivity contribution in [2.45, 2.75) is 58.3 Å². The number of rotatable bonds is 4. The van der Waals surface area contributed by atoms with Gasteiger partial charge >= 0.3 is 6.09 Å². The van der Waals surface area contributed by atoms with Crippen molar-refractivity contribution in [1.82, 2.24) is 14.9 Å². The highest BCUT2D eigenvalue weighted by Gasteiger charge is 2.32. The van der Waals surface area contributed by atoms with Gasteiger partial charge in [0.2, 0.25) is 0 Å². The summed E-state index contributed by atoms with van der Waals surface area (Å²) < 4.78 is 11.3. The number of carbonyl (C=O) groups is 1. The summed E-state index contributed by atoms with van der Waals surface area (Å²) in [5.74, 6) is 0. The lowest BCUT2D eigenvalue weighted by Crippen LogP contribution is -2.41. The lowest BCUT2D eigenvalue weighted by molar-refractivity contribution is -0.00257. The van der Waals surface area contributed by atoms with E-state index in [9.17, 15) is 4.79 Å². The molecule has 0 aromatic carbocycles. The molecule has 2 heterocycles. The number of nitrogens with zero attached hydrogens (tertiary/aromatic N) is 3. The Labute approximate surface area is 131 Å². The van der Waals surface area contributed by atoms with Crippen LogP contribution in [0.2, 0.25) is 0 Å². The van der Waals surface area contributed by atoms with Crippen LogP contribution < -0.4 is 0 Å². The van der Waals surface area contributed by atoms with Crippen molar-refractivity contribution < 1.29 is 14.3 Å². The molecule has 0 saturated carbocycles. The largest absolute Gasteiger partial charge is 0.444 e. The Morgan fingerprint density at radius 3 is 2.86 bits per heavy atom. The van der Waals surface area contributed by atoms with Crippen LogP contribution in [0.4, 0.5) is 4.79 Å². The molecule has 6 nitrogen and oxygen atoms in total. The van der Waals surface area contributed by atoms with Gasteiger partial charge in [0.1, 0.15) is 5.60 Å². The third-order valence-electron chi connectivity index (χ3n) is 3.54. The molecule has 1 aliphatic rings. The molecule has 0 bridgehead atoms. The van der Waals surface area contributed by atoms with E-state index in [1.807, 2.05) is 27.7 Å². The predicted octanol–water partition coefficient (Wildman–Crippen LogP) is 2.95. The van der Waals surface area contributed by atoms with E-state index in [0.29, 0.717) is 6.61 Å². The highest BCUT2D eigenvalue weighted by atomic mass is 16.6. The summed E-state index contributed by atoms with van der Waals surface area (Å²) in [5, 5.41) is 0. The maximum absolute atomic E-state index is 12.2. The van der Waals surface area contributed by atoms with Crippen LogP contribution in [0.15, 0.2) is 18.6 Å². The maximum atomic E-state index is 12.2. The molecule has 1 saturated heterocycles. The molecule has 0 N–H and O–H groups in total. The minimum absolute atomic E-state index is 0.0639. The fraction of sp³-hybridized carbons (Fsp3) is 0.688. The first-order valence-electron chi connectivity index (χ1n) is 7.74. The molecule has 2 rings (SSSR count). The molecule has 1 amide bonds. The fourth-order valence-corrected chi connectivity index (χ4v) is 2.43. The van der Waals surface area contributed by atoms with Crippen molar-refractivity contribution in [2.75, 3.05) is 13.2 Å². The summed E-state index contributed by atoms with van der Waals surface area (Å²) in [6.07, 6.45) is 6.50. The molecule has 0 aliphatic carbocycles. The standard InChI is InChI=1S/C16H25N3O3/c1-12(14-10-17-7-8-18-14)21-11-13-6-5-9-19(13)15(20)22-16(2,3)4/h7-8,10,12-13H,5-6,9,11H2,1-4H3/t12-,13-/m1/s1. The Balaban J connectivity index is 1.87. The lowest BCUT2D eigenvalue weighted by Gasteiger charge is -2.29. The van der Waals surface area contributed by atoms with E-state index >= 15 is 0 Å². The van der Waals surface area contributed by atoms with Gasteiger partial charge in [-0.15, -0.1) is 0 Å². The van der Waals surface area contributed by atoms with Crippen LogP contribution >= 0.6 is 0 Å². The maximum Gasteiger partial charge on any atom is 0.410 e. The van der Waals surface area contributed by atoms with Gasteiger partial charge < -0.3 is 14.4 Å². The third-order valence-corrected chi connectivity index (χ3v) is 3.54. The SMILES string of the molecule is C[C@@H](OC[C@H]1CCCN1C(=O)OC(C)(C)C)c1cnccn1. The average molecular weight is 307 g/mol. The van der Waals surface area contributed by atoms with Crippen molar-refractivity contribution in [1.29, 1.82) is 0 Å². The van der Waals surface area contributed by atoms with Gasteiger partial charge in [-0.2, -0.15) is 0 Å². The van der Waals surface area contributed by atoms with Gasteiger partial charge in [-0.1, -0.05) is 0 Å². The van der Waals surface area contributed by atoms with Gasteiger partial charge in [-0.3, -0.25) is 9.97 Å². The molecule has 0 spiro atoms. The number of likely N-dealkylation sites (tertiary alicyclic amines) is 1. The Morgan fingerprint density at radius 1 is 1.45 bits per heavy atom. The average Bonchev–Trinajstić information content (AvgIpc) is 2.92. The van der Waals surface area contributed by atoms with E-state index in [1.54, 1.807) is 23.5 Å². The number of carbonyl (C=O) groups excluding carboxylic acids is 1. The molecule has 0 unspecified atom stereocenters. The van der Waals surface area contributed by atoms with Gasteiger partial charge in [-0.05, 0) is 40.5 Å².